The van der Waals surface area contributed by atoms with Crippen LogP contribution in [-0.4, -0.2) is 15.0 Å². The van der Waals surface area contributed by atoms with E-state index in [9.17, 15) is 9.18 Å². The standard InChI is InChI=1S/C24H16FN3O/c1-2-17-6-8-19-20(11-14-3-9-22-23(12-14)28-24(29)27-22)18-7-5-16(25)13-15(18)4-10-21(19)26-17/h1,3,5-9,11-13H,4,10H2,(H2,27,28,29)/b20-11+. The molecular weight excluding hydrogens is 365 g/mol. The summed E-state index contributed by atoms with van der Waals surface area (Å²) in [4.78, 5) is 21.7. The maximum Gasteiger partial charge on any atom is 0.323 e. The number of aryl methyl sites for hydroxylation is 2. The minimum atomic E-state index is -0.252. The lowest BCUT2D eigenvalue weighted by Gasteiger charge is -2.12. The van der Waals surface area contributed by atoms with Crippen LogP contribution >= 0.6 is 0 Å². The molecule has 5 heteroatoms. The Morgan fingerprint density at radius 1 is 1.00 bits per heavy atom. The van der Waals surface area contributed by atoms with E-state index < -0.39 is 0 Å². The van der Waals surface area contributed by atoms with Gasteiger partial charge >= 0.3 is 5.69 Å². The van der Waals surface area contributed by atoms with Gasteiger partial charge in [-0.2, -0.15) is 0 Å². The first kappa shape index (κ1) is 17.2. The van der Waals surface area contributed by atoms with Gasteiger partial charge in [-0.05, 0) is 77.6 Å². The van der Waals surface area contributed by atoms with Gasteiger partial charge in [-0.3, -0.25) is 0 Å². The fraction of sp³-hybridized carbons (Fsp3) is 0.0833. The second-order valence-corrected chi connectivity index (χ2v) is 7.08. The first-order valence-electron chi connectivity index (χ1n) is 9.30. The van der Waals surface area contributed by atoms with Gasteiger partial charge in [-0.1, -0.05) is 18.1 Å². The number of hydrogen-bond acceptors (Lipinski definition) is 2. The Morgan fingerprint density at radius 2 is 1.83 bits per heavy atom. The molecule has 140 valence electrons. The molecule has 4 aromatic rings. The SMILES string of the molecule is C#Cc1ccc2c(n1)CCc1cc(F)ccc1/C2=C\c1ccc2[nH]c(=O)[nH]c2c1. The molecule has 4 nitrogen and oxygen atoms in total. The van der Waals surface area contributed by atoms with Crippen molar-refractivity contribution in [1.82, 2.24) is 15.0 Å². The molecule has 2 aromatic carbocycles. The van der Waals surface area contributed by atoms with Crippen LogP contribution in [0.5, 0.6) is 0 Å². The fourth-order valence-corrected chi connectivity index (χ4v) is 3.91. The molecule has 2 N–H and O–H groups in total. The van der Waals surface area contributed by atoms with Crippen molar-refractivity contribution in [2.45, 2.75) is 12.8 Å². The Kier molecular flexibility index (Phi) is 3.92. The maximum absolute atomic E-state index is 13.9. The van der Waals surface area contributed by atoms with Crippen LogP contribution in [0.15, 0.2) is 53.3 Å². The summed E-state index contributed by atoms with van der Waals surface area (Å²) < 4.78 is 13.9. The third-order valence-corrected chi connectivity index (χ3v) is 5.25. The lowest BCUT2D eigenvalue weighted by Crippen LogP contribution is -1.99. The zero-order valence-electron chi connectivity index (χ0n) is 15.4. The molecule has 0 unspecified atom stereocenters. The number of fused-ring (bicyclic) bond motifs is 3. The normalized spacial score (nSPS) is 14.3. The Labute approximate surface area is 166 Å². The molecule has 0 bridgehead atoms. The van der Waals surface area contributed by atoms with Gasteiger partial charge in [0.05, 0.1) is 16.7 Å². The van der Waals surface area contributed by atoms with Gasteiger partial charge in [0.15, 0.2) is 0 Å². The third kappa shape index (κ3) is 3.05. The van der Waals surface area contributed by atoms with E-state index in [0.29, 0.717) is 18.5 Å². The lowest BCUT2D eigenvalue weighted by atomic mass is 9.93. The number of nitrogens with zero attached hydrogens (tertiary/aromatic N) is 1. The number of nitrogens with one attached hydrogen (secondary N) is 2. The van der Waals surface area contributed by atoms with Crippen LogP contribution in [0.2, 0.25) is 0 Å². The number of rotatable bonds is 1. The monoisotopic (exact) mass is 381 g/mol. The summed E-state index contributed by atoms with van der Waals surface area (Å²) in [5, 5.41) is 0. The van der Waals surface area contributed by atoms with E-state index in [1.807, 2.05) is 42.5 Å². The summed E-state index contributed by atoms with van der Waals surface area (Å²) >= 11 is 0. The van der Waals surface area contributed by atoms with E-state index in [0.717, 1.165) is 44.6 Å². The number of aromatic amines is 2. The summed E-state index contributed by atoms with van der Waals surface area (Å²) in [6.45, 7) is 0. The molecule has 1 aliphatic carbocycles. The van der Waals surface area contributed by atoms with Crippen LogP contribution in [0.25, 0.3) is 22.7 Å². The Hall–Kier alpha value is -3.91. The maximum atomic E-state index is 13.9. The highest BCUT2D eigenvalue weighted by atomic mass is 19.1. The molecule has 0 radical (unpaired) electrons. The van der Waals surface area contributed by atoms with Crippen LogP contribution in [0.1, 0.15) is 33.6 Å². The zero-order chi connectivity index (χ0) is 20.0. The second kappa shape index (κ2) is 6.61. The molecule has 2 heterocycles. The van der Waals surface area contributed by atoms with Crippen LogP contribution in [0, 0.1) is 18.2 Å². The number of imidazole rings is 1. The number of H-pyrrole nitrogens is 2. The molecule has 0 fully saturated rings. The molecular formula is C24H16FN3O. The number of pyridine rings is 1. The van der Waals surface area contributed by atoms with Crippen molar-refractivity contribution in [1.29, 1.82) is 0 Å². The van der Waals surface area contributed by atoms with Gasteiger partial charge in [-0.15, -0.1) is 6.42 Å². The van der Waals surface area contributed by atoms with Crippen molar-refractivity contribution in [3.63, 3.8) is 0 Å². The Bertz CT molecular complexity index is 1400. The summed E-state index contributed by atoms with van der Waals surface area (Å²) in [6.07, 6.45) is 8.94. The number of halogens is 1. The lowest BCUT2D eigenvalue weighted by molar-refractivity contribution is 0.625. The molecule has 2 aromatic heterocycles. The smallest absolute Gasteiger partial charge is 0.306 e. The quantitative estimate of drug-likeness (QED) is 0.489. The summed E-state index contributed by atoms with van der Waals surface area (Å²) in [5.41, 5.74) is 7.52. The molecule has 29 heavy (non-hydrogen) atoms. The zero-order valence-corrected chi connectivity index (χ0v) is 15.4. The van der Waals surface area contributed by atoms with E-state index in [1.54, 1.807) is 6.07 Å². The molecule has 0 aliphatic heterocycles. The summed E-state index contributed by atoms with van der Waals surface area (Å²) in [5.74, 6) is 2.33. The molecule has 0 atom stereocenters. The minimum absolute atomic E-state index is 0.239. The van der Waals surface area contributed by atoms with Gasteiger partial charge in [0.1, 0.15) is 11.5 Å². The van der Waals surface area contributed by atoms with Gasteiger partial charge < -0.3 is 9.97 Å². The largest absolute Gasteiger partial charge is 0.323 e. The highest BCUT2D eigenvalue weighted by Gasteiger charge is 2.20. The first-order valence-corrected chi connectivity index (χ1v) is 9.30. The fourth-order valence-electron chi connectivity index (χ4n) is 3.91. The summed E-state index contributed by atoms with van der Waals surface area (Å²) in [6, 6.07) is 14.4. The number of terminal acetylenes is 1. The Morgan fingerprint density at radius 3 is 2.69 bits per heavy atom. The number of aromatic nitrogens is 3. The van der Waals surface area contributed by atoms with Gasteiger partial charge in [0, 0.05) is 5.56 Å². The van der Waals surface area contributed by atoms with Crippen molar-refractivity contribution < 1.29 is 4.39 Å². The van der Waals surface area contributed by atoms with Crippen molar-refractivity contribution >= 4 is 22.7 Å². The Balaban J connectivity index is 1.75. The van der Waals surface area contributed by atoms with Crippen molar-refractivity contribution in [2.24, 2.45) is 0 Å². The van der Waals surface area contributed by atoms with Crippen molar-refractivity contribution in [2.75, 3.05) is 0 Å². The highest BCUT2D eigenvalue weighted by molar-refractivity contribution is 5.95. The molecule has 0 saturated carbocycles. The summed E-state index contributed by atoms with van der Waals surface area (Å²) in [7, 11) is 0. The topological polar surface area (TPSA) is 61.5 Å². The van der Waals surface area contributed by atoms with Crippen molar-refractivity contribution in [3.05, 3.63) is 98.5 Å². The van der Waals surface area contributed by atoms with E-state index in [1.165, 1.54) is 6.07 Å². The predicted molar refractivity (Wildman–Crippen MR) is 112 cm³/mol. The van der Waals surface area contributed by atoms with E-state index in [-0.39, 0.29) is 11.5 Å². The van der Waals surface area contributed by atoms with Crippen LogP contribution in [-0.2, 0) is 12.8 Å². The second-order valence-electron chi connectivity index (χ2n) is 7.08. The average molecular weight is 381 g/mol. The highest BCUT2D eigenvalue weighted by Crippen LogP contribution is 2.35. The molecule has 5 rings (SSSR count). The first-order chi connectivity index (χ1) is 14.1. The van der Waals surface area contributed by atoms with E-state index >= 15 is 0 Å². The van der Waals surface area contributed by atoms with Gasteiger partial charge in [0.25, 0.3) is 0 Å². The van der Waals surface area contributed by atoms with Crippen molar-refractivity contribution in [3.8, 4) is 12.3 Å². The third-order valence-electron chi connectivity index (χ3n) is 5.25. The van der Waals surface area contributed by atoms with Crippen LogP contribution < -0.4 is 5.69 Å². The molecule has 0 saturated heterocycles. The van der Waals surface area contributed by atoms with Gasteiger partial charge in [0.2, 0.25) is 0 Å². The van der Waals surface area contributed by atoms with Gasteiger partial charge in [-0.25, -0.2) is 14.2 Å². The predicted octanol–water partition coefficient (Wildman–Crippen LogP) is 4.06. The molecule has 1 aliphatic rings. The van der Waals surface area contributed by atoms with Crippen LogP contribution in [0.3, 0.4) is 0 Å². The molecule has 0 spiro atoms. The average Bonchev–Trinajstić information content (AvgIpc) is 3.02. The van der Waals surface area contributed by atoms with E-state index in [4.69, 9.17) is 6.42 Å². The molecule has 0 amide bonds. The number of benzene rings is 2. The van der Waals surface area contributed by atoms with Crippen LogP contribution in [0.4, 0.5) is 4.39 Å². The van der Waals surface area contributed by atoms with E-state index in [2.05, 4.69) is 20.9 Å². The minimum Gasteiger partial charge on any atom is -0.306 e. The number of hydrogen-bond donors (Lipinski definition) is 2.